The number of benzene rings is 1. The number of amides is 2. The summed E-state index contributed by atoms with van der Waals surface area (Å²) in [7, 11) is 0. The number of nitrogens with zero attached hydrogens (tertiary/aromatic N) is 2. The van der Waals surface area contributed by atoms with Gasteiger partial charge in [0.05, 0.1) is 0 Å². The van der Waals surface area contributed by atoms with E-state index in [0.29, 0.717) is 12.5 Å². The van der Waals surface area contributed by atoms with Crippen LogP contribution in [0.25, 0.3) is 0 Å². The van der Waals surface area contributed by atoms with Gasteiger partial charge in [-0.25, -0.2) is 0 Å². The van der Waals surface area contributed by atoms with Gasteiger partial charge < -0.3 is 15.2 Å². The van der Waals surface area contributed by atoms with Crippen LogP contribution in [0.3, 0.4) is 0 Å². The van der Waals surface area contributed by atoms with Gasteiger partial charge in [-0.15, -0.1) is 0 Å². The van der Waals surface area contributed by atoms with E-state index in [-0.39, 0.29) is 29.1 Å². The zero-order valence-electron chi connectivity index (χ0n) is 21.7. The van der Waals surface area contributed by atoms with Crippen LogP contribution in [0.2, 0.25) is 0 Å². The Morgan fingerprint density at radius 1 is 0.944 bits per heavy atom. The summed E-state index contributed by atoms with van der Waals surface area (Å²) < 4.78 is 1.93. The average Bonchev–Trinajstić information content (AvgIpc) is 3.41. The van der Waals surface area contributed by atoms with Crippen LogP contribution in [0.1, 0.15) is 91.1 Å². The molecule has 0 atom stereocenters. The van der Waals surface area contributed by atoms with Gasteiger partial charge in [0.2, 0.25) is 5.43 Å². The second-order valence-electron chi connectivity index (χ2n) is 10.7. The first-order valence-corrected chi connectivity index (χ1v) is 13.5. The molecule has 1 saturated heterocycles. The summed E-state index contributed by atoms with van der Waals surface area (Å²) in [5, 5.41) is 5.96. The van der Waals surface area contributed by atoms with Crippen molar-refractivity contribution in [3.8, 4) is 0 Å². The summed E-state index contributed by atoms with van der Waals surface area (Å²) in [4.78, 5) is 41.9. The Labute approximate surface area is 214 Å². The van der Waals surface area contributed by atoms with Crippen molar-refractivity contribution >= 4 is 11.8 Å². The Morgan fingerprint density at radius 2 is 1.58 bits per heavy atom. The van der Waals surface area contributed by atoms with E-state index in [1.54, 1.807) is 12.4 Å². The number of hydrogen-bond donors (Lipinski definition) is 2. The molecule has 1 saturated carbocycles. The third-order valence-corrected chi connectivity index (χ3v) is 7.46. The number of nitrogens with one attached hydrogen (secondary N) is 2. The predicted octanol–water partition coefficient (Wildman–Crippen LogP) is 4.13. The summed E-state index contributed by atoms with van der Waals surface area (Å²) in [6.45, 7) is 7.39. The Kier molecular flexibility index (Phi) is 8.97. The summed E-state index contributed by atoms with van der Waals surface area (Å²) in [5.74, 6) is -0.307. The van der Waals surface area contributed by atoms with E-state index >= 15 is 0 Å². The molecule has 1 aromatic heterocycles. The maximum Gasteiger partial charge on any atom is 0.256 e. The van der Waals surface area contributed by atoms with Crippen molar-refractivity contribution in [2.24, 2.45) is 5.92 Å². The first-order chi connectivity index (χ1) is 17.4. The molecule has 7 heteroatoms. The van der Waals surface area contributed by atoms with Crippen molar-refractivity contribution in [1.82, 2.24) is 20.1 Å². The minimum absolute atomic E-state index is 0.0207. The van der Waals surface area contributed by atoms with Crippen molar-refractivity contribution in [1.29, 1.82) is 0 Å². The molecule has 2 aliphatic rings. The highest BCUT2D eigenvalue weighted by Crippen LogP contribution is 2.29. The fraction of sp³-hybridized carbons (Fsp3) is 0.552. The van der Waals surface area contributed by atoms with Crippen LogP contribution in [0.4, 0.5) is 0 Å². The molecule has 0 bridgehead atoms. The lowest BCUT2D eigenvalue weighted by Gasteiger charge is -2.32. The Bertz CT molecular complexity index is 1080. The number of carbonyl (C=O) groups excluding carboxylic acids is 2. The highest BCUT2D eigenvalue weighted by Gasteiger charge is 2.26. The van der Waals surface area contributed by atoms with E-state index in [1.165, 1.54) is 5.56 Å². The maximum absolute atomic E-state index is 13.3. The van der Waals surface area contributed by atoms with E-state index in [2.05, 4.69) is 53.6 Å². The van der Waals surface area contributed by atoms with Crippen LogP contribution in [-0.4, -0.2) is 47.0 Å². The predicted molar refractivity (Wildman–Crippen MR) is 142 cm³/mol. The van der Waals surface area contributed by atoms with Crippen molar-refractivity contribution in [3.63, 3.8) is 0 Å². The van der Waals surface area contributed by atoms with Gasteiger partial charge in [0.1, 0.15) is 11.1 Å². The van der Waals surface area contributed by atoms with E-state index in [9.17, 15) is 14.4 Å². The van der Waals surface area contributed by atoms with Gasteiger partial charge in [0, 0.05) is 50.7 Å². The van der Waals surface area contributed by atoms with Gasteiger partial charge in [-0.3, -0.25) is 19.3 Å². The van der Waals surface area contributed by atoms with Crippen molar-refractivity contribution in [3.05, 3.63) is 69.6 Å². The van der Waals surface area contributed by atoms with Gasteiger partial charge in [-0.1, -0.05) is 57.0 Å². The zero-order chi connectivity index (χ0) is 25.5. The molecule has 1 aromatic carbocycles. The summed E-state index contributed by atoms with van der Waals surface area (Å²) in [6, 6.07) is 10.6. The maximum atomic E-state index is 13.3. The smallest absolute Gasteiger partial charge is 0.256 e. The molecular weight excluding hydrogens is 452 g/mol. The van der Waals surface area contributed by atoms with Crippen molar-refractivity contribution < 1.29 is 9.59 Å². The number of aromatic nitrogens is 1. The van der Waals surface area contributed by atoms with Gasteiger partial charge in [-0.2, -0.15) is 0 Å². The van der Waals surface area contributed by atoms with Gasteiger partial charge in [0.25, 0.3) is 11.8 Å². The molecule has 2 fully saturated rings. The molecule has 2 amide bonds. The average molecular weight is 493 g/mol. The molecule has 36 heavy (non-hydrogen) atoms. The molecule has 7 nitrogen and oxygen atoms in total. The molecule has 4 rings (SSSR count). The normalized spacial score (nSPS) is 17.4. The molecule has 2 N–H and O–H groups in total. The molecule has 1 aliphatic heterocycles. The number of rotatable bonds is 9. The molecule has 0 unspecified atom stereocenters. The standard InChI is InChI=1S/C29H40N4O3/c1-21(2)12-15-30-28(35)25-19-33(24-10-6-7-11-24)20-26(27(25)34)29(36)31-23-13-16-32(17-14-23)18-22-8-4-3-5-9-22/h3-5,8-9,19-21,23-24H,6-7,10-18H2,1-2H3,(H,30,35)(H,31,36). The summed E-state index contributed by atoms with van der Waals surface area (Å²) >= 11 is 0. The lowest BCUT2D eigenvalue weighted by Crippen LogP contribution is -2.45. The number of piperidine rings is 1. The second-order valence-corrected chi connectivity index (χ2v) is 10.7. The molecule has 1 aliphatic carbocycles. The lowest BCUT2D eigenvalue weighted by molar-refractivity contribution is 0.0906. The Balaban J connectivity index is 1.44. The molecule has 0 radical (unpaired) electrons. The third-order valence-electron chi connectivity index (χ3n) is 7.46. The topological polar surface area (TPSA) is 83.4 Å². The molecular formula is C29H40N4O3. The van der Waals surface area contributed by atoms with Crippen LogP contribution in [0.15, 0.2) is 47.5 Å². The zero-order valence-corrected chi connectivity index (χ0v) is 21.7. The van der Waals surface area contributed by atoms with Gasteiger partial charge in [0.15, 0.2) is 0 Å². The minimum Gasteiger partial charge on any atom is -0.352 e. The Hall–Kier alpha value is -2.93. The number of likely N-dealkylation sites (tertiary alicyclic amines) is 1. The molecule has 2 heterocycles. The highest BCUT2D eigenvalue weighted by atomic mass is 16.2. The van der Waals surface area contributed by atoms with E-state index in [0.717, 1.165) is 64.6 Å². The lowest BCUT2D eigenvalue weighted by atomic mass is 10.0. The molecule has 194 valence electrons. The van der Waals surface area contributed by atoms with Crippen LogP contribution in [0.5, 0.6) is 0 Å². The van der Waals surface area contributed by atoms with Crippen LogP contribution in [0, 0.1) is 5.92 Å². The van der Waals surface area contributed by atoms with E-state index in [4.69, 9.17) is 0 Å². The number of hydrogen-bond acceptors (Lipinski definition) is 4. The summed E-state index contributed by atoms with van der Waals surface area (Å²) in [6.07, 6.45) is 10.1. The third kappa shape index (κ3) is 6.84. The quantitative estimate of drug-likeness (QED) is 0.551. The largest absolute Gasteiger partial charge is 0.352 e. The molecule has 2 aromatic rings. The monoisotopic (exact) mass is 492 g/mol. The van der Waals surface area contributed by atoms with E-state index in [1.807, 2.05) is 10.6 Å². The fourth-order valence-corrected chi connectivity index (χ4v) is 5.24. The van der Waals surface area contributed by atoms with Gasteiger partial charge >= 0.3 is 0 Å². The minimum atomic E-state index is -0.481. The highest BCUT2D eigenvalue weighted by molar-refractivity contribution is 5.99. The van der Waals surface area contributed by atoms with Gasteiger partial charge in [-0.05, 0) is 43.6 Å². The van der Waals surface area contributed by atoms with Crippen LogP contribution in [-0.2, 0) is 6.54 Å². The van der Waals surface area contributed by atoms with Crippen molar-refractivity contribution in [2.45, 2.75) is 77.4 Å². The first kappa shape index (κ1) is 26.1. The van der Waals surface area contributed by atoms with Crippen LogP contribution < -0.4 is 16.1 Å². The molecule has 0 spiro atoms. The fourth-order valence-electron chi connectivity index (χ4n) is 5.24. The second kappa shape index (κ2) is 12.3. The number of pyridine rings is 1. The SMILES string of the molecule is CC(C)CCNC(=O)c1cn(C2CCCC2)cc(C(=O)NC2CCN(Cc3ccccc3)CC2)c1=O. The summed E-state index contributed by atoms with van der Waals surface area (Å²) in [5.41, 5.74) is 0.947. The first-order valence-electron chi connectivity index (χ1n) is 13.5. The van der Waals surface area contributed by atoms with E-state index < -0.39 is 11.3 Å². The van der Waals surface area contributed by atoms with Crippen LogP contribution >= 0.6 is 0 Å². The van der Waals surface area contributed by atoms with Crippen molar-refractivity contribution in [2.75, 3.05) is 19.6 Å². The number of carbonyl (C=O) groups is 2. The Morgan fingerprint density at radius 3 is 2.22 bits per heavy atom.